The third-order valence-electron chi connectivity index (χ3n) is 8.35. The van der Waals surface area contributed by atoms with E-state index in [1.807, 2.05) is 18.2 Å². The van der Waals surface area contributed by atoms with Gasteiger partial charge < -0.3 is 9.30 Å². The van der Waals surface area contributed by atoms with E-state index in [-0.39, 0.29) is 12.0 Å². The SMILES string of the molecule is N#Cc1cc(C2C=C(c3cccc(-n4c5c(c6ccccc64)CC4Oc6ccccc6C4=C5)c3)C=CC2)ccn1. The molecule has 3 heterocycles. The Morgan fingerprint density at radius 2 is 1.85 bits per heavy atom. The van der Waals surface area contributed by atoms with Crippen molar-refractivity contribution in [1.29, 1.82) is 5.26 Å². The largest absolute Gasteiger partial charge is 0.485 e. The topological polar surface area (TPSA) is 50.8 Å². The molecule has 5 aromatic rings. The van der Waals surface area contributed by atoms with E-state index in [0.717, 1.165) is 29.8 Å². The molecular formula is C36H25N3O. The number of hydrogen-bond donors (Lipinski definition) is 0. The van der Waals surface area contributed by atoms with Crippen molar-refractivity contribution in [3.8, 4) is 17.5 Å². The first-order valence-electron chi connectivity index (χ1n) is 13.7. The van der Waals surface area contributed by atoms with Gasteiger partial charge in [0.15, 0.2) is 0 Å². The zero-order valence-corrected chi connectivity index (χ0v) is 21.8. The van der Waals surface area contributed by atoms with Crippen LogP contribution in [0.3, 0.4) is 0 Å². The van der Waals surface area contributed by atoms with Gasteiger partial charge in [-0.15, -0.1) is 0 Å². The number of rotatable bonds is 3. The third kappa shape index (κ3) is 3.56. The lowest BCUT2D eigenvalue weighted by Crippen LogP contribution is -2.19. The highest BCUT2D eigenvalue weighted by atomic mass is 16.5. The number of hydrogen-bond acceptors (Lipinski definition) is 3. The highest BCUT2D eigenvalue weighted by molar-refractivity contribution is 5.98. The van der Waals surface area contributed by atoms with Gasteiger partial charge >= 0.3 is 0 Å². The summed E-state index contributed by atoms with van der Waals surface area (Å²) in [5, 5.41) is 10.6. The molecule has 40 heavy (non-hydrogen) atoms. The number of nitriles is 1. The molecule has 3 aliphatic rings. The minimum Gasteiger partial charge on any atom is -0.485 e. The van der Waals surface area contributed by atoms with Gasteiger partial charge in [0.2, 0.25) is 0 Å². The number of aromatic nitrogens is 2. The Balaban J connectivity index is 1.25. The number of allylic oxidation sites excluding steroid dienone is 4. The second-order valence-electron chi connectivity index (χ2n) is 10.6. The lowest BCUT2D eigenvalue weighted by atomic mass is 9.87. The maximum Gasteiger partial charge on any atom is 0.140 e. The molecule has 4 nitrogen and oxygen atoms in total. The molecule has 0 N–H and O–H groups in total. The summed E-state index contributed by atoms with van der Waals surface area (Å²) < 4.78 is 8.78. The number of fused-ring (bicyclic) bond motifs is 6. The Hall–Kier alpha value is -5.14. The molecule has 0 saturated heterocycles. The highest BCUT2D eigenvalue weighted by Gasteiger charge is 2.34. The van der Waals surface area contributed by atoms with Crippen LogP contribution in [0.5, 0.6) is 5.75 Å². The van der Waals surface area contributed by atoms with E-state index in [1.54, 1.807) is 6.20 Å². The van der Waals surface area contributed by atoms with E-state index in [9.17, 15) is 5.26 Å². The minimum absolute atomic E-state index is 0.0553. The van der Waals surface area contributed by atoms with Gasteiger partial charge in [0.1, 0.15) is 23.6 Å². The van der Waals surface area contributed by atoms with Crippen molar-refractivity contribution in [1.82, 2.24) is 9.55 Å². The van der Waals surface area contributed by atoms with Crippen LogP contribution in [0, 0.1) is 11.3 Å². The number of pyridine rings is 1. The summed E-state index contributed by atoms with van der Waals surface area (Å²) in [6, 6.07) is 32.0. The van der Waals surface area contributed by atoms with Gasteiger partial charge in [-0.25, -0.2) is 4.98 Å². The van der Waals surface area contributed by atoms with Crippen molar-refractivity contribution in [2.24, 2.45) is 0 Å². The van der Waals surface area contributed by atoms with Gasteiger partial charge in [0, 0.05) is 40.7 Å². The van der Waals surface area contributed by atoms with Crippen LogP contribution in [0.25, 0.3) is 33.8 Å². The summed E-state index contributed by atoms with van der Waals surface area (Å²) in [5.74, 6) is 1.19. The minimum atomic E-state index is 0.0553. The normalized spacial score (nSPS) is 18.7. The van der Waals surface area contributed by atoms with Crippen LogP contribution >= 0.6 is 0 Å². The van der Waals surface area contributed by atoms with E-state index in [2.05, 4.69) is 107 Å². The molecular weight excluding hydrogens is 490 g/mol. The summed E-state index contributed by atoms with van der Waals surface area (Å²) in [4.78, 5) is 4.15. The molecule has 2 unspecified atom stereocenters. The predicted molar refractivity (Wildman–Crippen MR) is 159 cm³/mol. The molecule has 1 aliphatic heterocycles. The molecule has 3 aromatic carbocycles. The second-order valence-corrected chi connectivity index (χ2v) is 10.6. The molecule has 4 heteroatoms. The van der Waals surface area contributed by atoms with Crippen molar-refractivity contribution in [2.75, 3.05) is 0 Å². The quantitative estimate of drug-likeness (QED) is 0.246. The molecule has 2 aliphatic carbocycles. The Morgan fingerprint density at radius 1 is 0.950 bits per heavy atom. The van der Waals surface area contributed by atoms with Crippen LogP contribution in [0.2, 0.25) is 0 Å². The highest BCUT2D eigenvalue weighted by Crippen LogP contribution is 2.45. The summed E-state index contributed by atoms with van der Waals surface area (Å²) >= 11 is 0. The van der Waals surface area contributed by atoms with Gasteiger partial charge in [0.05, 0.1) is 11.2 Å². The molecule has 8 rings (SSSR count). The molecule has 0 bridgehead atoms. The van der Waals surface area contributed by atoms with Crippen molar-refractivity contribution in [3.63, 3.8) is 0 Å². The average molecular weight is 516 g/mol. The van der Waals surface area contributed by atoms with Crippen molar-refractivity contribution in [3.05, 3.63) is 143 Å². The zero-order valence-electron chi connectivity index (χ0n) is 21.8. The fraction of sp³-hybridized carbons (Fsp3) is 0.111. The first-order valence-corrected chi connectivity index (χ1v) is 13.7. The van der Waals surface area contributed by atoms with Crippen LogP contribution in [-0.4, -0.2) is 15.7 Å². The maximum absolute atomic E-state index is 9.31. The first-order chi connectivity index (χ1) is 19.8. The summed E-state index contributed by atoms with van der Waals surface area (Å²) in [5.41, 5.74) is 11.3. The van der Waals surface area contributed by atoms with E-state index in [1.165, 1.54) is 44.4 Å². The van der Waals surface area contributed by atoms with Gasteiger partial charge in [-0.05, 0) is 71.2 Å². The Morgan fingerprint density at radius 3 is 2.80 bits per heavy atom. The van der Waals surface area contributed by atoms with Crippen molar-refractivity contribution >= 4 is 28.1 Å². The predicted octanol–water partition coefficient (Wildman–Crippen LogP) is 7.88. The smallest absolute Gasteiger partial charge is 0.140 e. The molecule has 0 spiro atoms. The molecule has 190 valence electrons. The zero-order chi connectivity index (χ0) is 26.6. The van der Waals surface area contributed by atoms with Gasteiger partial charge in [-0.2, -0.15) is 5.26 Å². The number of benzene rings is 3. The van der Waals surface area contributed by atoms with Gasteiger partial charge in [-0.3, -0.25) is 0 Å². The summed E-state index contributed by atoms with van der Waals surface area (Å²) in [7, 11) is 0. The van der Waals surface area contributed by atoms with Crippen LogP contribution in [0.1, 0.15) is 46.0 Å². The molecule has 2 aromatic heterocycles. The first kappa shape index (κ1) is 22.8. The molecule has 0 fully saturated rings. The van der Waals surface area contributed by atoms with Gasteiger partial charge in [-0.1, -0.05) is 66.8 Å². The van der Waals surface area contributed by atoms with E-state index >= 15 is 0 Å². The van der Waals surface area contributed by atoms with Crippen molar-refractivity contribution in [2.45, 2.75) is 24.9 Å². The molecule has 2 atom stereocenters. The molecule has 0 radical (unpaired) electrons. The average Bonchev–Trinajstić information content (AvgIpc) is 3.55. The lowest BCUT2D eigenvalue weighted by Gasteiger charge is -2.20. The molecule has 0 saturated carbocycles. The fourth-order valence-electron chi connectivity index (χ4n) is 6.49. The second kappa shape index (κ2) is 8.97. The van der Waals surface area contributed by atoms with Crippen LogP contribution < -0.4 is 4.74 Å². The Bertz CT molecular complexity index is 1970. The lowest BCUT2D eigenvalue weighted by molar-refractivity contribution is 0.276. The van der Waals surface area contributed by atoms with Crippen molar-refractivity contribution < 1.29 is 4.74 Å². The van der Waals surface area contributed by atoms with Gasteiger partial charge in [0.25, 0.3) is 0 Å². The number of nitrogens with zero attached hydrogens (tertiary/aromatic N) is 3. The van der Waals surface area contributed by atoms with Crippen LogP contribution in [0.4, 0.5) is 0 Å². The van der Waals surface area contributed by atoms with E-state index < -0.39 is 0 Å². The number of ether oxygens (including phenoxy) is 1. The van der Waals surface area contributed by atoms with Crippen LogP contribution in [-0.2, 0) is 6.42 Å². The monoisotopic (exact) mass is 515 g/mol. The maximum atomic E-state index is 9.31. The summed E-state index contributed by atoms with van der Waals surface area (Å²) in [6.07, 6.45) is 12.7. The standard InChI is InChI=1S/C36H25N3O/c37-22-27-18-26(15-16-38-27)24-8-5-7-23(17-24)25-9-6-10-28(19-25)39-33-13-3-1-11-29(33)31-21-36-32(20-34(31)39)30-12-2-4-14-35(30)40-36/h1-7,9-20,24,36H,8,21H2. The summed E-state index contributed by atoms with van der Waals surface area (Å²) in [6.45, 7) is 0. The Kier molecular flexibility index (Phi) is 5.11. The van der Waals surface area contributed by atoms with E-state index in [4.69, 9.17) is 4.74 Å². The fourth-order valence-corrected chi connectivity index (χ4v) is 6.49. The number of para-hydroxylation sites is 2. The Labute approximate surface area is 232 Å². The molecule has 0 amide bonds. The van der Waals surface area contributed by atoms with E-state index in [0.29, 0.717) is 5.69 Å². The third-order valence-corrected chi connectivity index (χ3v) is 8.35. The van der Waals surface area contributed by atoms with Crippen LogP contribution in [0.15, 0.2) is 109 Å².